The molecule has 1 atom stereocenters. The van der Waals surface area contributed by atoms with Crippen LogP contribution in [0.1, 0.15) is 18.1 Å². The summed E-state index contributed by atoms with van der Waals surface area (Å²) >= 11 is 9.45. The Labute approximate surface area is 173 Å². The van der Waals surface area contributed by atoms with Crippen LogP contribution in [-0.2, 0) is 17.8 Å². The number of carboxylic acids is 1. The molecule has 4 nitrogen and oxygen atoms in total. The summed E-state index contributed by atoms with van der Waals surface area (Å²) in [5.41, 5.74) is 2.14. The fraction of sp³-hybridized carbons (Fsp3) is 0.316. The summed E-state index contributed by atoms with van der Waals surface area (Å²) in [6.07, 6.45) is 0.784. The van der Waals surface area contributed by atoms with E-state index in [2.05, 4.69) is 15.9 Å². The van der Waals surface area contributed by atoms with Gasteiger partial charge in [0.15, 0.2) is 0 Å². The van der Waals surface area contributed by atoms with E-state index in [0.717, 1.165) is 27.8 Å². The minimum absolute atomic E-state index is 0. The van der Waals surface area contributed by atoms with Crippen LogP contribution < -0.4 is 4.74 Å². The maximum absolute atomic E-state index is 10.8. The van der Waals surface area contributed by atoms with Crippen molar-refractivity contribution in [3.63, 3.8) is 0 Å². The van der Waals surface area contributed by atoms with Gasteiger partial charge in [-0.25, -0.2) is 0 Å². The first-order valence-electron chi connectivity index (χ1n) is 7.93. The monoisotopic (exact) mass is 461 g/mol. The van der Waals surface area contributed by atoms with Gasteiger partial charge in [0.25, 0.3) is 0 Å². The van der Waals surface area contributed by atoms with Crippen LogP contribution in [0.5, 0.6) is 5.75 Å². The molecule has 0 bridgehead atoms. The molecule has 26 heavy (non-hydrogen) atoms. The van der Waals surface area contributed by atoms with Crippen LogP contribution in [0.25, 0.3) is 0 Å². The van der Waals surface area contributed by atoms with E-state index < -0.39 is 5.97 Å². The third-order valence-electron chi connectivity index (χ3n) is 3.98. The van der Waals surface area contributed by atoms with E-state index in [1.165, 1.54) is 0 Å². The normalized spacial score (nSPS) is 11.7. The predicted octanol–water partition coefficient (Wildman–Crippen LogP) is 5.05. The first-order chi connectivity index (χ1) is 11.8. The van der Waals surface area contributed by atoms with Gasteiger partial charge in [-0.05, 0) is 71.7 Å². The largest absolute Gasteiger partial charge is 0.489 e. The van der Waals surface area contributed by atoms with Gasteiger partial charge >= 0.3 is 5.97 Å². The van der Waals surface area contributed by atoms with Crippen LogP contribution in [0.3, 0.4) is 0 Å². The van der Waals surface area contributed by atoms with Crippen LogP contribution in [0.2, 0.25) is 5.02 Å². The number of rotatable bonds is 8. The quantitative estimate of drug-likeness (QED) is 0.596. The van der Waals surface area contributed by atoms with Gasteiger partial charge in [-0.15, -0.1) is 12.4 Å². The molecule has 0 saturated carbocycles. The van der Waals surface area contributed by atoms with E-state index in [9.17, 15) is 4.79 Å². The highest BCUT2D eigenvalue weighted by Gasteiger charge is 2.12. The fourth-order valence-corrected chi connectivity index (χ4v) is 2.83. The molecule has 2 rings (SSSR count). The zero-order chi connectivity index (χ0) is 18.4. The zero-order valence-corrected chi connectivity index (χ0v) is 17.8. The summed E-state index contributed by atoms with van der Waals surface area (Å²) in [5.74, 6) is -0.0273. The van der Waals surface area contributed by atoms with Gasteiger partial charge in [0, 0.05) is 10.5 Å². The van der Waals surface area contributed by atoms with Crippen molar-refractivity contribution in [2.45, 2.75) is 26.0 Å². The Morgan fingerprint density at radius 2 is 1.85 bits per heavy atom. The van der Waals surface area contributed by atoms with Crippen molar-refractivity contribution >= 4 is 45.9 Å². The van der Waals surface area contributed by atoms with E-state index in [4.69, 9.17) is 21.4 Å². The lowest BCUT2D eigenvalue weighted by molar-refractivity contribution is -0.138. The Morgan fingerprint density at radius 1 is 1.23 bits per heavy atom. The number of carbonyl (C=O) groups is 1. The molecule has 142 valence electrons. The number of likely N-dealkylation sites (N-methyl/N-ethyl adjacent to an activating group) is 1. The van der Waals surface area contributed by atoms with Crippen LogP contribution in [-0.4, -0.2) is 35.6 Å². The minimum Gasteiger partial charge on any atom is -0.489 e. The molecule has 0 amide bonds. The van der Waals surface area contributed by atoms with Gasteiger partial charge in [0.1, 0.15) is 12.4 Å². The maximum atomic E-state index is 10.8. The first-order valence-corrected chi connectivity index (χ1v) is 9.10. The predicted molar refractivity (Wildman–Crippen MR) is 111 cm³/mol. The third kappa shape index (κ3) is 7.16. The van der Waals surface area contributed by atoms with Crippen LogP contribution in [0.15, 0.2) is 46.9 Å². The summed E-state index contributed by atoms with van der Waals surface area (Å²) in [7, 11) is 1.82. The molecule has 7 heteroatoms. The van der Waals surface area contributed by atoms with Crippen molar-refractivity contribution in [2.24, 2.45) is 0 Å². The Hall–Kier alpha value is -1.27. The molecule has 0 aliphatic rings. The molecule has 1 N–H and O–H groups in total. The number of benzene rings is 2. The molecular weight excluding hydrogens is 441 g/mol. The Kier molecular flexibility index (Phi) is 9.44. The van der Waals surface area contributed by atoms with Crippen molar-refractivity contribution in [2.75, 3.05) is 13.6 Å². The molecule has 0 spiro atoms. The number of hydrogen-bond donors (Lipinski definition) is 1. The number of carboxylic acid groups (broad SMARTS) is 1. The lowest BCUT2D eigenvalue weighted by Crippen LogP contribution is -2.35. The summed E-state index contributed by atoms with van der Waals surface area (Å²) in [4.78, 5) is 12.6. The number of nitrogens with zero attached hydrogens (tertiary/aromatic N) is 1. The molecule has 2 aromatic rings. The summed E-state index contributed by atoms with van der Waals surface area (Å²) in [6, 6.07) is 13.8. The van der Waals surface area contributed by atoms with E-state index in [-0.39, 0.29) is 25.0 Å². The van der Waals surface area contributed by atoms with Gasteiger partial charge in [-0.1, -0.05) is 29.8 Å². The van der Waals surface area contributed by atoms with Crippen LogP contribution in [0, 0.1) is 0 Å². The highest BCUT2D eigenvalue weighted by Crippen LogP contribution is 2.24. The second-order valence-electron chi connectivity index (χ2n) is 6.04. The maximum Gasteiger partial charge on any atom is 0.317 e. The summed E-state index contributed by atoms with van der Waals surface area (Å²) < 4.78 is 6.65. The Bertz CT molecular complexity index is 725. The van der Waals surface area contributed by atoms with Crippen molar-refractivity contribution < 1.29 is 14.6 Å². The van der Waals surface area contributed by atoms with Gasteiger partial charge in [-0.2, -0.15) is 0 Å². The minimum atomic E-state index is -0.814. The lowest BCUT2D eigenvalue weighted by Gasteiger charge is -2.22. The fourth-order valence-electron chi connectivity index (χ4n) is 2.38. The average Bonchev–Trinajstić information content (AvgIpc) is 2.56. The molecule has 0 unspecified atom stereocenters. The summed E-state index contributed by atoms with van der Waals surface area (Å²) in [5, 5.41) is 9.51. The van der Waals surface area contributed by atoms with Gasteiger partial charge < -0.3 is 9.84 Å². The highest BCUT2D eigenvalue weighted by atomic mass is 79.9. The smallest absolute Gasteiger partial charge is 0.317 e. The van der Waals surface area contributed by atoms with Crippen molar-refractivity contribution in [1.82, 2.24) is 4.90 Å². The number of ether oxygens (including phenoxy) is 1. The second kappa shape index (κ2) is 10.8. The standard InChI is InChI=1S/C19H21BrClNO3.ClH/c1-13(22(2)11-19(23)24)9-14-3-6-16(7-4-14)25-12-15-5-8-17(20)18(21)10-15;/h3-8,10,13H,9,11-12H2,1-2H3,(H,23,24);1H/t13-;/m1./s1. The van der Waals surface area contributed by atoms with Gasteiger partial charge in [-0.3, -0.25) is 9.69 Å². The summed E-state index contributed by atoms with van der Waals surface area (Å²) in [6.45, 7) is 2.51. The number of hydrogen-bond acceptors (Lipinski definition) is 3. The third-order valence-corrected chi connectivity index (χ3v) is 5.21. The lowest BCUT2D eigenvalue weighted by atomic mass is 10.1. The molecule has 0 saturated heterocycles. The number of aliphatic carboxylic acids is 1. The first kappa shape index (κ1) is 22.8. The number of halogens is 3. The molecular formula is C19H22BrCl2NO3. The zero-order valence-electron chi connectivity index (χ0n) is 14.6. The molecule has 2 aromatic carbocycles. The van der Waals surface area contributed by atoms with Crippen molar-refractivity contribution in [1.29, 1.82) is 0 Å². The molecule has 0 aliphatic heterocycles. The van der Waals surface area contributed by atoms with Gasteiger partial charge in [0.05, 0.1) is 11.6 Å². The molecule has 0 radical (unpaired) electrons. The Balaban J connectivity index is 0.00000338. The van der Waals surface area contributed by atoms with Crippen molar-refractivity contribution in [3.05, 3.63) is 63.1 Å². The highest BCUT2D eigenvalue weighted by molar-refractivity contribution is 9.10. The molecule has 0 aromatic heterocycles. The topological polar surface area (TPSA) is 49.8 Å². The van der Waals surface area contributed by atoms with E-state index >= 15 is 0 Å². The van der Waals surface area contributed by atoms with Crippen molar-refractivity contribution in [3.8, 4) is 5.75 Å². The van der Waals surface area contributed by atoms with Crippen LogP contribution >= 0.6 is 39.9 Å². The molecule has 0 fully saturated rings. The Morgan fingerprint density at radius 3 is 2.42 bits per heavy atom. The average molecular weight is 463 g/mol. The van der Waals surface area contributed by atoms with E-state index in [0.29, 0.717) is 11.6 Å². The molecule has 0 heterocycles. The van der Waals surface area contributed by atoms with E-state index in [1.807, 2.05) is 61.3 Å². The van der Waals surface area contributed by atoms with E-state index in [1.54, 1.807) is 0 Å². The SMILES string of the molecule is C[C@H](Cc1ccc(OCc2ccc(Br)c(Cl)c2)cc1)N(C)CC(=O)O.Cl. The second-order valence-corrected chi connectivity index (χ2v) is 7.30. The molecule has 0 aliphatic carbocycles. The van der Waals surface area contributed by atoms with Gasteiger partial charge in [0.2, 0.25) is 0 Å². The van der Waals surface area contributed by atoms with Crippen LogP contribution in [0.4, 0.5) is 0 Å².